The van der Waals surface area contributed by atoms with Gasteiger partial charge in [0.05, 0.1) is 13.7 Å². The molecule has 4 nitrogen and oxygen atoms in total. The van der Waals surface area contributed by atoms with E-state index in [1.807, 2.05) is 30.3 Å². The van der Waals surface area contributed by atoms with Gasteiger partial charge in [0.2, 0.25) is 0 Å². The second-order valence-electron chi connectivity index (χ2n) is 4.28. The number of carbonyl (C=O) groups is 1. The number of ether oxygens (including phenoxy) is 3. The first-order valence-corrected chi connectivity index (χ1v) is 6.53. The third-order valence-electron chi connectivity index (χ3n) is 3.09. The highest BCUT2D eigenvalue weighted by molar-refractivity contribution is 6.07. The van der Waals surface area contributed by atoms with Crippen LogP contribution in [0.3, 0.4) is 0 Å². The van der Waals surface area contributed by atoms with Gasteiger partial charge < -0.3 is 14.2 Å². The first-order chi connectivity index (χ1) is 9.69. The molecule has 0 amide bonds. The van der Waals surface area contributed by atoms with Crippen LogP contribution in [0, 0.1) is 0 Å². The topological polar surface area (TPSA) is 44.8 Å². The fraction of sp³-hybridized carbons (Fsp3) is 0.312. The van der Waals surface area contributed by atoms with Crippen molar-refractivity contribution < 1.29 is 19.0 Å². The Hall–Kier alpha value is -2.23. The van der Waals surface area contributed by atoms with Crippen LogP contribution in [0.5, 0.6) is 5.75 Å². The van der Waals surface area contributed by atoms with Crippen LogP contribution < -0.4 is 4.74 Å². The lowest BCUT2D eigenvalue weighted by molar-refractivity contribution is -0.138. The predicted octanol–water partition coefficient (Wildman–Crippen LogP) is 2.95. The SMILES string of the molecule is CCOC(=O)C1=C(C)OCC=C1c1ccccc1OC. The van der Waals surface area contributed by atoms with E-state index in [1.165, 1.54) is 0 Å². The molecule has 1 heterocycles. The minimum atomic E-state index is -0.373. The summed E-state index contributed by atoms with van der Waals surface area (Å²) in [4.78, 5) is 12.2. The molecular formula is C16H18O4. The molecule has 1 aliphatic heterocycles. The fourth-order valence-electron chi connectivity index (χ4n) is 2.18. The van der Waals surface area contributed by atoms with Gasteiger partial charge in [-0.1, -0.05) is 18.2 Å². The van der Waals surface area contributed by atoms with Crippen LogP contribution >= 0.6 is 0 Å². The molecule has 0 saturated carbocycles. The fourth-order valence-corrected chi connectivity index (χ4v) is 2.18. The number of para-hydroxylation sites is 1. The van der Waals surface area contributed by atoms with Gasteiger partial charge in [0.15, 0.2) is 0 Å². The molecule has 0 saturated heterocycles. The Bertz CT molecular complexity index is 570. The summed E-state index contributed by atoms with van der Waals surface area (Å²) in [5.41, 5.74) is 2.12. The van der Waals surface area contributed by atoms with Crippen molar-refractivity contribution in [2.75, 3.05) is 20.3 Å². The minimum absolute atomic E-state index is 0.328. The zero-order chi connectivity index (χ0) is 14.5. The smallest absolute Gasteiger partial charge is 0.342 e. The number of carbonyl (C=O) groups excluding carboxylic acids is 1. The van der Waals surface area contributed by atoms with Gasteiger partial charge in [-0.25, -0.2) is 4.79 Å². The van der Waals surface area contributed by atoms with Gasteiger partial charge in [0, 0.05) is 11.1 Å². The highest BCUT2D eigenvalue weighted by Crippen LogP contribution is 2.35. The summed E-state index contributed by atoms with van der Waals surface area (Å²) >= 11 is 0. The van der Waals surface area contributed by atoms with Crippen LogP contribution in [0.15, 0.2) is 41.7 Å². The van der Waals surface area contributed by atoms with Crippen molar-refractivity contribution in [1.82, 2.24) is 0 Å². The van der Waals surface area contributed by atoms with E-state index in [1.54, 1.807) is 21.0 Å². The Balaban J connectivity index is 2.48. The van der Waals surface area contributed by atoms with Gasteiger partial charge in [0.1, 0.15) is 23.7 Å². The molecule has 1 aromatic rings. The van der Waals surface area contributed by atoms with Crippen molar-refractivity contribution in [3.05, 3.63) is 47.2 Å². The monoisotopic (exact) mass is 274 g/mol. The van der Waals surface area contributed by atoms with Gasteiger partial charge >= 0.3 is 5.97 Å². The molecule has 4 heteroatoms. The number of benzene rings is 1. The van der Waals surface area contributed by atoms with E-state index in [-0.39, 0.29) is 5.97 Å². The molecule has 0 aromatic heterocycles. The largest absolute Gasteiger partial charge is 0.496 e. The molecule has 0 spiro atoms. The predicted molar refractivity (Wildman–Crippen MR) is 76.3 cm³/mol. The molecular weight excluding hydrogens is 256 g/mol. The third-order valence-corrected chi connectivity index (χ3v) is 3.09. The maximum absolute atomic E-state index is 12.2. The molecule has 2 rings (SSSR count). The number of allylic oxidation sites excluding steroid dienone is 1. The minimum Gasteiger partial charge on any atom is -0.496 e. The maximum Gasteiger partial charge on any atom is 0.342 e. The molecule has 0 radical (unpaired) electrons. The third kappa shape index (κ3) is 2.69. The normalized spacial score (nSPS) is 14.4. The van der Waals surface area contributed by atoms with E-state index < -0.39 is 0 Å². The Labute approximate surface area is 118 Å². The molecule has 1 aromatic carbocycles. The van der Waals surface area contributed by atoms with Crippen LogP contribution in [0.4, 0.5) is 0 Å². The average Bonchev–Trinajstić information content (AvgIpc) is 2.47. The van der Waals surface area contributed by atoms with Crippen molar-refractivity contribution >= 4 is 11.5 Å². The Morgan fingerprint density at radius 2 is 2.10 bits per heavy atom. The van der Waals surface area contributed by atoms with E-state index in [4.69, 9.17) is 14.2 Å². The number of esters is 1. The molecule has 0 bridgehead atoms. The van der Waals surface area contributed by atoms with Gasteiger partial charge in [-0.3, -0.25) is 0 Å². The van der Waals surface area contributed by atoms with Gasteiger partial charge in [-0.05, 0) is 26.0 Å². The molecule has 1 aliphatic rings. The second-order valence-corrected chi connectivity index (χ2v) is 4.28. The van der Waals surface area contributed by atoms with Crippen molar-refractivity contribution in [2.45, 2.75) is 13.8 Å². The molecule has 0 fully saturated rings. The van der Waals surface area contributed by atoms with E-state index in [0.29, 0.717) is 24.5 Å². The summed E-state index contributed by atoms with van der Waals surface area (Å²) in [5, 5.41) is 0. The highest BCUT2D eigenvalue weighted by Gasteiger charge is 2.25. The first-order valence-electron chi connectivity index (χ1n) is 6.53. The van der Waals surface area contributed by atoms with Crippen molar-refractivity contribution in [3.63, 3.8) is 0 Å². The molecule has 20 heavy (non-hydrogen) atoms. The van der Waals surface area contributed by atoms with E-state index in [2.05, 4.69) is 0 Å². The lowest BCUT2D eigenvalue weighted by atomic mass is 9.94. The zero-order valence-electron chi connectivity index (χ0n) is 11.9. The van der Waals surface area contributed by atoms with Crippen LogP contribution in [0.1, 0.15) is 19.4 Å². The quantitative estimate of drug-likeness (QED) is 0.792. The lowest BCUT2D eigenvalue weighted by Gasteiger charge is -2.21. The number of rotatable bonds is 4. The van der Waals surface area contributed by atoms with Crippen LogP contribution in [0.2, 0.25) is 0 Å². The summed E-state index contributed by atoms with van der Waals surface area (Å²) in [7, 11) is 1.61. The van der Waals surface area contributed by atoms with E-state index in [0.717, 1.165) is 16.9 Å². The molecule has 0 atom stereocenters. The molecule has 0 N–H and O–H groups in total. The summed E-state index contributed by atoms with van der Waals surface area (Å²) < 4.78 is 15.9. The van der Waals surface area contributed by atoms with Crippen molar-refractivity contribution in [1.29, 1.82) is 0 Å². The Morgan fingerprint density at radius 1 is 1.35 bits per heavy atom. The van der Waals surface area contributed by atoms with Crippen LogP contribution in [-0.4, -0.2) is 26.3 Å². The van der Waals surface area contributed by atoms with Crippen LogP contribution in [0.25, 0.3) is 5.57 Å². The Morgan fingerprint density at radius 3 is 2.80 bits per heavy atom. The maximum atomic E-state index is 12.2. The van der Waals surface area contributed by atoms with Gasteiger partial charge in [-0.15, -0.1) is 0 Å². The second kappa shape index (κ2) is 6.28. The van der Waals surface area contributed by atoms with Crippen molar-refractivity contribution in [2.24, 2.45) is 0 Å². The average molecular weight is 274 g/mol. The van der Waals surface area contributed by atoms with Crippen LogP contribution in [-0.2, 0) is 14.3 Å². The summed E-state index contributed by atoms with van der Waals surface area (Å²) in [6, 6.07) is 7.58. The first kappa shape index (κ1) is 14.2. The standard InChI is InChI=1S/C16H18O4/c1-4-19-16(17)15-11(2)20-10-9-13(15)12-7-5-6-8-14(12)18-3/h5-9H,4,10H2,1-3H3. The summed E-state index contributed by atoms with van der Waals surface area (Å²) in [5.74, 6) is 0.920. The summed E-state index contributed by atoms with van der Waals surface area (Å²) in [6.45, 7) is 4.32. The molecule has 0 aliphatic carbocycles. The number of hydrogen-bond acceptors (Lipinski definition) is 4. The molecule has 0 unspecified atom stereocenters. The molecule has 106 valence electrons. The lowest BCUT2D eigenvalue weighted by Crippen LogP contribution is -2.16. The number of methoxy groups -OCH3 is 1. The van der Waals surface area contributed by atoms with E-state index >= 15 is 0 Å². The Kier molecular flexibility index (Phi) is 4.45. The summed E-state index contributed by atoms with van der Waals surface area (Å²) in [6.07, 6.45) is 1.87. The van der Waals surface area contributed by atoms with E-state index in [9.17, 15) is 4.79 Å². The number of hydrogen-bond donors (Lipinski definition) is 0. The highest BCUT2D eigenvalue weighted by atomic mass is 16.5. The van der Waals surface area contributed by atoms with Gasteiger partial charge in [0.25, 0.3) is 0 Å². The van der Waals surface area contributed by atoms with Gasteiger partial charge in [-0.2, -0.15) is 0 Å². The van der Waals surface area contributed by atoms with Crippen molar-refractivity contribution in [3.8, 4) is 5.75 Å². The zero-order valence-corrected chi connectivity index (χ0v) is 11.9.